The molecular weight excluding hydrogens is 300 g/mol. The minimum Gasteiger partial charge on any atom is -0.358 e. The minimum absolute atomic E-state index is 0.622. The van der Waals surface area contributed by atoms with Crippen molar-refractivity contribution in [1.29, 1.82) is 0 Å². The van der Waals surface area contributed by atoms with E-state index in [1.54, 1.807) is 0 Å². The number of hydrogen-bond acceptors (Lipinski definition) is 1. The Morgan fingerprint density at radius 1 is 0.739 bits per heavy atom. The molecule has 0 aliphatic heterocycles. The summed E-state index contributed by atoms with van der Waals surface area (Å²) in [6.45, 7) is 0.709. The van der Waals surface area contributed by atoms with Gasteiger partial charge in [-0.1, -0.05) is 78.9 Å². The lowest BCUT2D eigenvalue weighted by Crippen LogP contribution is -2.28. The van der Waals surface area contributed by atoms with Gasteiger partial charge in [0.15, 0.2) is 5.11 Å². The lowest BCUT2D eigenvalue weighted by Gasteiger charge is -2.14. The van der Waals surface area contributed by atoms with Gasteiger partial charge in [0.2, 0.25) is 0 Å². The Hall–Kier alpha value is -2.65. The van der Waals surface area contributed by atoms with Crippen LogP contribution in [-0.2, 0) is 6.54 Å². The van der Waals surface area contributed by atoms with Crippen molar-refractivity contribution in [2.45, 2.75) is 6.54 Å². The SMILES string of the molecule is S=C(NCc1ccccc1)Nc1ccccc1-c1ccccc1. The average molecular weight is 318 g/mol. The maximum absolute atomic E-state index is 5.42. The summed E-state index contributed by atoms with van der Waals surface area (Å²) in [7, 11) is 0. The number of nitrogens with one attached hydrogen (secondary N) is 2. The second kappa shape index (κ2) is 7.56. The van der Waals surface area contributed by atoms with Gasteiger partial charge >= 0.3 is 0 Å². The van der Waals surface area contributed by atoms with Gasteiger partial charge in [-0.15, -0.1) is 0 Å². The van der Waals surface area contributed by atoms with E-state index in [9.17, 15) is 0 Å². The first kappa shape index (κ1) is 15.3. The Labute approximate surface area is 142 Å². The van der Waals surface area contributed by atoms with Crippen molar-refractivity contribution in [2.24, 2.45) is 0 Å². The smallest absolute Gasteiger partial charge is 0.171 e. The number of hydrogen-bond donors (Lipinski definition) is 2. The molecule has 0 aliphatic rings. The van der Waals surface area contributed by atoms with E-state index < -0.39 is 0 Å². The summed E-state index contributed by atoms with van der Waals surface area (Å²) in [5.74, 6) is 0. The Balaban J connectivity index is 1.69. The fourth-order valence-electron chi connectivity index (χ4n) is 2.41. The molecule has 0 atom stereocenters. The van der Waals surface area contributed by atoms with Crippen molar-refractivity contribution in [3.05, 3.63) is 90.5 Å². The Morgan fingerprint density at radius 2 is 1.35 bits per heavy atom. The Kier molecular flexibility index (Phi) is 5.02. The third-order valence-corrected chi connectivity index (χ3v) is 3.80. The molecule has 2 nitrogen and oxygen atoms in total. The minimum atomic E-state index is 0.622. The predicted octanol–water partition coefficient (Wildman–Crippen LogP) is 4.84. The lowest BCUT2D eigenvalue weighted by molar-refractivity contribution is 0.926. The van der Waals surface area contributed by atoms with E-state index in [0.29, 0.717) is 11.7 Å². The van der Waals surface area contributed by atoms with E-state index in [2.05, 4.69) is 41.0 Å². The first-order valence-corrected chi connectivity index (χ1v) is 7.97. The summed E-state index contributed by atoms with van der Waals surface area (Å²) in [6.07, 6.45) is 0. The third-order valence-electron chi connectivity index (χ3n) is 3.56. The van der Waals surface area contributed by atoms with Crippen molar-refractivity contribution >= 4 is 23.0 Å². The van der Waals surface area contributed by atoms with Gasteiger partial charge in [-0.2, -0.15) is 0 Å². The summed E-state index contributed by atoms with van der Waals surface area (Å²) >= 11 is 5.42. The second-order valence-corrected chi connectivity index (χ2v) is 5.61. The molecule has 23 heavy (non-hydrogen) atoms. The van der Waals surface area contributed by atoms with Crippen molar-refractivity contribution in [3.8, 4) is 11.1 Å². The van der Waals surface area contributed by atoms with Gasteiger partial charge in [0, 0.05) is 17.8 Å². The molecule has 0 bridgehead atoms. The highest BCUT2D eigenvalue weighted by atomic mass is 32.1. The molecule has 3 rings (SSSR count). The molecule has 0 aliphatic carbocycles. The van der Waals surface area contributed by atoms with Crippen LogP contribution in [0.2, 0.25) is 0 Å². The van der Waals surface area contributed by atoms with Crippen molar-refractivity contribution < 1.29 is 0 Å². The van der Waals surface area contributed by atoms with E-state index in [1.807, 2.05) is 54.6 Å². The van der Waals surface area contributed by atoms with Gasteiger partial charge in [0.1, 0.15) is 0 Å². The highest BCUT2D eigenvalue weighted by Crippen LogP contribution is 2.27. The van der Waals surface area contributed by atoms with Crippen LogP contribution >= 0.6 is 12.2 Å². The van der Waals surface area contributed by atoms with Gasteiger partial charge in [0.05, 0.1) is 0 Å². The molecule has 0 fully saturated rings. The normalized spacial score (nSPS) is 10.1. The summed E-state index contributed by atoms with van der Waals surface area (Å²) in [6, 6.07) is 28.7. The topological polar surface area (TPSA) is 24.1 Å². The Morgan fingerprint density at radius 3 is 2.09 bits per heavy atom. The van der Waals surface area contributed by atoms with E-state index in [0.717, 1.165) is 11.3 Å². The number of para-hydroxylation sites is 1. The number of rotatable bonds is 4. The molecule has 3 aromatic rings. The fourth-order valence-corrected chi connectivity index (χ4v) is 2.59. The van der Waals surface area contributed by atoms with Gasteiger partial charge in [-0.25, -0.2) is 0 Å². The first-order valence-electron chi connectivity index (χ1n) is 7.56. The standard InChI is InChI=1S/C20H18N2S/c23-20(21-15-16-9-3-1-4-10-16)22-19-14-8-7-13-18(19)17-11-5-2-6-12-17/h1-14H,15H2,(H2,21,22,23). The molecule has 0 spiro atoms. The van der Waals surface area contributed by atoms with E-state index in [1.165, 1.54) is 11.1 Å². The third kappa shape index (κ3) is 4.18. The number of anilines is 1. The average Bonchev–Trinajstić information content (AvgIpc) is 2.62. The molecule has 3 heteroatoms. The van der Waals surface area contributed by atoms with Crippen LogP contribution in [0.15, 0.2) is 84.9 Å². The largest absolute Gasteiger partial charge is 0.358 e. The van der Waals surface area contributed by atoms with Crippen LogP contribution in [0.5, 0.6) is 0 Å². The van der Waals surface area contributed by atoms with Crippen molar-refractivity contribution in [3.63, 3.8) is 0 Å². The summed E-state index contributed by atoms with van der Waals surface area (Å²) in [5, 5.41) is 7.17. The van der Waals surface area contributed by atoms with Gasteiger partial charge < -0.3 is 10.6 Å². The van der Waals surface area contributed by atoms with Crippen LogP contribution < -0.4 is 10.6 Å². The van der Waals surface area contributed by atoms with Crippen LogP contribution in [0.3, 0.4) is 0 Å². The molecule has 0 aromatic heterocycles. The summed E-state index contributed by atoms with van der Waals surface area (Å²) < 4.78 is 0. The van der Waals surface area contributed by atoms with Crippen LogP contribution in [0.25, 0.3) is 11.1 Å². The van der Waals surface area contributed by atoms with Crippen LogP contribution in [0.1, 0.15) is 5.56 Å². The molecule has 0 saturated heterocycles. The number of benzene rings is 3. The van der Waals surface area contributed by atoms with Gasteiger partial charge in [-0.05, 0) is 29.4 Å². The second-order valence-electron chi connectivity index (χ2n) is 5.20. The molecule has 0 amide bonds. The molecular formula is C20H18N2S. The number of thiocarbonyl (C=S) groups is 1. The molecule has 3 aromatic carbocycles. The molecule has 0 heterocycles. The van der Waals surface area contributed by atoms with Gasteiger partial charge in [0.25, 0.3) is 0 Å². The molecule has 2 N–H and O–H groups in total. The van der Waals surface area contributed by atoms with Crippen LogP contribution in [0.4, 0.5) is 5.69 Å². The molecule has 114 valence electrons. The van der Waals surface area contributed by atoms with Crippen molar-refractivity contribution in [2.75, 3.05) is 5.32 Å². The van der Waals surface area contributed by atoms with E-state index in [-0.39, 0.29) is 0 Å². The maximum atomic E-state index is 5.42. The molecule has 0 unspecified atom stereocenters. The van der Waals surface area contributed by atoms with Gasteiger partial charge in [-0.3, -0.25) is 0 Å². The van der Waals surface area contributed by atoms with E-state index in [4.69, 9.17) is 12.2 Å². The lowest BCUT2D eigenvalue weighted by atomic mass is 10.0. The first-order chi connectivity index (χ1) is 11.3. The zero-order valence-electron chi connectivity index (χ0n) is 12.7. The summed E-state index contributed by atoms with van der Waals surface area (Å²) in [4.78, 5) is 0. The molecule has 0 radical (unpaired) electrons. The Bertz CT molecular complexity index is 770. The highest BCUT2D eigenvalue weighted by Gasteiger charge is 2.05. The van der Waals surface area contributed by atoms with Crippen LogP contribution in [0, 0.1) is 0 Å². The monoisotopic (exact) mass is 318 g/mol. The summed E-state index contributed by atoms with van der Waals surface area (Å²) in [5.41, 5.74) is 4.51. The quantitative estimate of drug-likeness (QED) is 0.673. The zero-order chi connectivity index (χ0) is 15.9. The fraction of sp³-hybridized carbons (Fsp3) is 0.0500. The van der Waals surface area contributed by atoms with E-state index >= 15 is 0 Å². The molecule has 0 saturated carbocycles. The van der Waals surface area contributed by atoms with Crippen LogP contribution in [-0.4, -0.2) is 5.11 Å². The van der Waals surface area contributed by atoms with Crippen molar-refractivity contribution in [1.82, 2.24) is 5.32 Å². The highest BCUT2D eigenvalue weighted by molar-refractivity contribution is 7.80. The predicted molar refractivity (Wildman–Crippen MR) is 101 cm³/mol. The maximum Gasteiger partial charge on any atom is 0.171 e. The zero-order valence-corrected chi connectivity index (χ0v) is 13.5.